The van der Waals surface area contributed by atoms with Crippen LogP contribution in [0.1, 0.15) is 5.56 Å². The highest BCUT2D eigenvalue weighted by Crippen LogP contribution is 2.24. The van der Waals surface area contributed by atoms with Crippen molar-refractivity contribution in [1.29, 1.82) is 0 Å². The second-order valence-corrected chi connectivity index (χ2v) is 2.65. The Kier molecular flexibility index (Phi) is 1.13. The highest BCUT2D eigenvalue weighted by molar-refractivity contribution is 6.60. The Hall–Kier alpha value is -1.05. The minimum absolute atomic E-state index is 1.04. The highest BCUT2D eigenvalue weighted by atomic mass is 14.8. The summed E-state index contributed by atoms with van der Waals surface area (Å²) in [5, 5.41) is 0. The molecule has 48 valence electrons. The molecule has 2 heteroatoms. The van der Waals surface area contributed by atoms with Crippen molar-refractivity contribution in [3.8, 4) is 0 Å². The minimum atomic E-state index is 1.04. The van der Waals surface area contributed by atoms with Crippen LogP contribution < -0.4 is 0 Å². The van der Waals surface area contributed by atoms with Gasteiger partial charge < -0.3 is 0 Å². The van der Waals surface area contributed by atoms with Gasteiger partial charge in [-0.25, -0.2) is 0 Å². The summed E-state index contributed by atoms with van der Waals surface area (Å²) in [6.45, 7) is 0. The number of para-hydroxylation sites is 1. The predicted molar refractivity (Wildman–Crippen MR) is 45.8 cm³/mol. The summed E-state index contributed by atoms with van der Waals surface area (Å²) >= 11 is 0. The molecule has 0 fully saturated rings. The number of aliphatic imine (C=N–C) groups is 1. The van der Waals surface area contributed by atoms with Crippen LogP contribution in [0.2, 0.25) is 0 Å². The normalized spacial score (nSPS) is 14.6. The maximum atomic E-state index is 4.37. The monoisotopic (exact) mass is 129 g/mol. The SMILES string of the molecule is BC1=Nc2ccccc2C1. The van der Waals surface area contributed by atoms with E-state index in [2.05, 4.69) is 31.0 Å². The van der Waals surface area contributed by atoms with E-state index < -0.39 is 0 Å². The number of benzene rings is 1. The topological polar surface area (TPSA) is 12.4 Å². The van der Waals surface area contributed by atoms with E-state index in [9.17, 15) is 0 Å². The van der Waals surface area contributed by atoms with Crippen molar-refractivity contribution in [1.82, 2.24) is 0 Å². The molecule has 0 bridgehead atoms. The number of hydrogen-bond acceptors (Lipinski definition) is 1. The molecule has 1 aliphatic heterocycles. The van der Waals surface area contributed by atoms with E-state index in [0.717, 1.165) is 12.1 Å². The Morgan fingerprint density at radius 2 is 2.10 bits per heavy atom. The molecule has 0 unspecified atom stereocenters. The average molecular weight is 129 g/mol. The summed E-state index contributed by atoms with van der Waals surface area (Å²) in [6, 6.07) is 8.29. The Morgan fingerprint density at radius 3 is 2.90 bits per heavy atom. The third kappa shape index (κ3) is 0.765. The molecule has 0 radical (unpaired) electrons. The summed E-state index contributed by atoms with van der Waals surface area (Å²) in [4.78, 5) is 4.37. The second kappa shape index (κ2) is 1.98. The van der Waals surface area contributed by atoms with E-state index >= 15 is 0 Å². The van der Waals surface area contributed by atoms with Gasteiger partial charge in [-0.05, 0) is 17.2 Å². The largest absolute Gasteiger partial charge is 0.268 e. The van der Waals surface area contributed by atoms with Crippen molar-refractivity contribution in [2.24, 2.45) is 4.99 Å². The zero-order chi connectivity index (χ0) is 6.97. The molecule has 0 aliphatic carbocycles. The third-order valence-electron chi connectivity index (χ3n) is 1.75. The molecule has 0 spiro atoms. The summed E-state index contributed by atoms with van der Waals surface area (Å²) < 4.78 is 0. The van der Waals surface area contributed by atoms with Crippen LogP contribution in [-0.4, -0.2) is 13.5 Å². The van der Waals surface area contributed by atoms with E-state index in [4.69, 9.17) is 0 Å². The lowest BCUT2D eigenvalue weighted by Crippen LogP contribution is -1.94. The first-order valence-corrected chi connectivity index (χ1v) is 3.48. The molecular formula is C8H8BN. The molecule has 1 aromatic rings. The summed E-state index contributed by atoms with van der Waals surface area (Å²) in [7, 11) is 2.07. The van der Waals surface area contributed by atoms with Crippen LogP contribution in [0.25, 0.3) is 0 Å². The first-order valence-electron chi connectivity index (χ1n) is 3.48. The molecule has 0 atom stereocenters. The molecule has 0 N–H and O–H groups in total. The number of rotatable bonds is 0. The maximum Gasteiger partial charge on any atom is 0.158 e. The van der Waals surface area contributed by atoms with E-state index in [0.29, 0.717) is 0 Å². The van der Waals surface area contributed by atoms with Crippen molar-refractivity contribution >= 4 is 19.1 Å². The Morgan fingerprint density at radius 1 is 1.30 bits per heavy atom. The van der Waals surface area contributed by atoms with E-state index in [1.54, 1.807) is 0 Å². The zero-order valence-electron chi connectivity index (χ0n) is 5.96. The van der Waals surface area contributed by atoms with Crippen LogP contribution in [-0.2, 0) is 6.42 Å². The van der Waals surface area contributed by atoms with Crippen LogP contribution in [0.4, 0.5) is 5.69 Å². The number of nitrogens with zero attached hydrogens (tertiary/aromatic N) is 1. The van der Waals surface area contributed by atoms with Gasteiger partial charge in [-0.3, -0.25) is 4.99 Å². The standard InChI is InChI=1S/C8H8BN/c9-8-5-6-3-1-2-4-7(6)10-8/h1-4H,5,9H2. The van der Waals surface area contributed by atoms with Gasteiger partial charge in [-0.15, -0.1) is 0 Å². The second-order valence-electron chi connectivity index (χ2n) is 2.65. The molecule has 0 amide bonds. The van der Waals surface area contributed by atoms with Crippen LogP contribution in [0.5, 0.6) is 0 Å². The molecule has 1 nitrogen and oxygen atoms in total. The van der Waals surface area contributed by atoms with E-state index in [1.165, 1.54) is 11.2 Å². The van der Waals surface area contributed by atoms with Gasteiger partial charge in [0.15, 0.2) is 7.85 Å². The molecule has 1 aliphatic rings. The van der Waals surface area contributed by atoms with Gasteiger partial charge >= 0.3 is 0 Å². The van der Waals surface area contributed by atoms with Crippen molar-refractivity contribution in [2.75, 3.05) is 0 Å². The maximum absolute atomic E-state index is 4.37. The Labute approximate surface area is 61.2 Å². The molecule has 1 aromatic carbocycles. The molecule has 2 rings (SSSR count). The van der Waals surface area contributed by atoms with Gasteiger partial charge in [0.05, 0.1) is 5.69 Å². The Balaban J connectivity index is 2.54. The predicted octanol–water partition coefficient (Wildman–Crippen LogP) is 0.906. The van der Waals surface area contributed by atoms with Gasteiger partial charge in [0, 0.05) is 6.42 Å². The van der Waals surface area contributed by atoms with Crippen LogP contribution in [0, 0.1) is 0 Å². The van der Waals surface area contributed by atoms with E-state index in [-0.39, 0.29) is 0 Å². The lowest BCUT2D eigenvalue weighted by molar-refractivity contribution is 1.41. The minimum Gasteiger partial charge on any atom is -0.268 e. The van der Waals surface area contributed by atoms with Crippen LogP contribution in [0.15, 0.2) is 29.3 Å². The average Bonchev–Trinajstić information content (AvgIpc) is 2.27. The van der Waals surface area contributed by atoms with Gasteiger partial charge in [-0.2, -0.15) is 0 Å². The van der Waals surface area contributed by atoms with Gasteiger partial charge in [0.1, 0.15) is 0 Å². The van der Waals surface area contributed by atoms with Crippen molar-refractivity contribution in [2.45, 2.75) is 6.42 Å². The summed E-state index contributed by atoms with van der Waals surface area (Å²) in [6.07, 6.45) is 1.04. The fourth-order valence-corrected chi connectivity index (χ4v) is 1.29. The van der Waals surface area contributed by atoms with Crippen molar-refractivity contribution in [3.05, 3.63) is 29.8 Å². The molecular weight excluding hydrogens is 121 g/mol. The van der Waals surface area contributed by atoms with Gasteiger partial charge in [0.2, 0.25) is 0 Å². The first kappa shape index (κ1) is 5.72. The summed E-state index contributed by atoms with van der Waals surface area (Å²) in [5.74, 6) is 0. The number of fused-ring (bicyclic) bond motifs is 1. The molecule has 0 saturated heterocycles. The van der Waals surface area contributed by atoms with Crippen molar-refractivity contribution < 1.29 is 0 Å². The quantitative estimate of drug-likeness (QED) is 0.461. The van der Waals surface area contributed by atoms with Crippen LogP contribution in [0.3, 0.4) is 0 Å². The smallest absolute Gasteiger partial charge is 0.158 e. The highest BCUT2D eigenvalue weighted by Gasteiger charge is 2.07. The lowest BCUT2D eigenvalue weighted by Gasteiger charge is -1.91. The zero-order valence-corrected chi connectivity index (χ0v) is 5.96. The lowest BCUT2D eigenvalue weighted by atomic mass is 9.97. The van der Waals surface area contributed by atoms with E-state index in [1.807, 2.05) is 6.07 Å². The number of hydrogen-bond donors (Lipinski definition) is 0. The molecule has 1 heterocycles. The van der Waals surface area contributed by atoms with Gasteiger partial charge in [-0.1, -0.05) is 18.2 Å². The molecule has 0 saturated carbocycles. The third-order valence-corrected chi connectivity index (χ3v) is 1.75. The fraction of sp³-hybridized carbons (Fsp3) is 0.125. The van der Waals surface area contributed by atoms with Crippen molar-refractivity contribution in [3.63, 3.8) is 0 Å². The summed E-state index contributed by atoms with van der Waals surface area (Å²) in [5.41, 5.74) is 3.74. The van der Waals surface area contributed by atoms with Crippen LogP contribution >= 0.6 is 0 Å². The van der Waals surface area contributed by atoms with Gasteiger partial charge in [0.25, 0.3) is 0 Å². The molecule has 0 aromatic heterocycles. The Bertz CT molecular complexity index is 291. The molecule has 10 heavy (non-hydrogen) atoms. The first-order chi connectivity index (χ1) is 4.86. The fourth-order valence-electron chi connectivity index (χ4n) is 1.29.